The lowest BCUT2D eigenvalue weighted by Gasteiger charge is -2.34. The molecule has 2 heteroatoms. The first kappa shape index (κ1) is 11.6. The van der Waals surface area contributed by atoms with E-state index in [2.05, 4.69) is 0 Å². The van der Waals surface area contributed by atoms with Gasteiger partial charge in [-0.2, -0.15) is 0 Å². The van der Waals surface area contributed by atoms with Crippen LogP contribution >= 0.6 is 0 Å². The highest BCUT2D eigenvalue weighted by atomic mass is 16.2. The summed E-state index contributed by atoms with van der Waals surface area (Å²) in [6.45, 7) is 2.02. The van der Waals surface area contributed by atoms with Gasteiger partial charge in [-0.25, -0.2) is 0 Å². The van der Waals surface area contributed by atoms with Crippen molar-refractivity contribution in [2.45, 2.75) is 44.4 Å². The zero-order valence-electron chi connectivity index (χ0n) is 10.7. The molecule has 0 N–H and O–H groups in total. The van der Waals surface area contributed by atoms with Crippen molar-refractivity contribution in [3.63, 3.8) is 0 Å². The first-order valence-electron chi connectivity index (χ1n) is 6.77. The maximum atomic E-state index is 12.3. The van der Waals surface area contributed by atoms with Crippen LogP contribution in [0.25, 0.3) is 0 Å². The topological polar surface area (TPSA) is 34.1 Å². The van der Waals surface area contributed by atoms with E-state index in [0.29, 0.717) is 0 Å². The molecule has 2 aliphatic rings. The van der Waals surface area contributed by atoms with E-state index < -0.39 is 5.41 Å². The molecule has 0 amide bonds. The van der Waals surface area contributed by atoms with E-state index in [1.54, 1.807) is 0 Å². The van der Waals surface area contributed by atoms with Crippen LogP contribution < -0.4 is 0 Å². The second-order valence-electron chi connectivity index (χ2n) is 5.88. The molecule has 94 valence electrons. The van der Waals surface area contributed by atoms with Crippen molar-refractivity contribution in [2.75, 3.05) is 0 Å². The van der Waals surface area contributed by atoms with Crippen LogP contribution in [-0.4, -0.2) is 11.6 Å². The van der Waals surface area contributed by atoms with Gasteiger partial charge in [0.25, 0.3) is 0 Å². The van der Waals surface area contributed by atoms with Gasteiger partial charge in [-0.1, -0.05) is 37.1 Å². The fraction of sp³-hybridized carbons (Fsp3) is 0.500. The zero-order valence-corrected chi connectivity index (χ0v) is 10.7. The van der Waals surface area contributed by atoms with Gasteiger partial charge in [0.15, 0.2) is 11.6 Å². The van der Waals surface area contributed by atoms with Crippen LogP contribution in [0.15, 0.2) is 24.3 Å². The molecule has 2 aliphatic carbocycles. The molecule has 1 atom stereocenters. The number of hydrogen-bond acceptors (Lipinski definition) is 2. The molecule has 0 spiro atoms. The summed E-state index contributed by atoms with van der Waals surface area (Å²) in [7, 11) is 0. The normalized spacial score (nSPS) is 27.2. The predicted molar refractivity (Wildman–Crippen MR) is 69.7 cm³/mol. The third-order valence-electron chi connectivity index (χ3n) is 4.51. The number of fused-ring (bicyclic) bond motifs is 1. The Morgan fingerprint density at radius 1 is 1.22 bits per heavy atom. The SMILES string of the molecule is CC1(CCC2CC2)C(=O)CC(=O)c2ccccc21. The van der Waals surface area contributed by atoms with Gasteiger partial charge in [0, 0.05) is 5.56 Å². The van der Waals surface area contributed by atoms with Gasteiger partial charge >= 0.3 is 0 Å². The molecule has 18 heavy (non-hydrogen) atoms. The van der Waals surface area contributed by atoms with Gasteiger partial charge in [0.2, 0.25) is 0 Å². The molecule has 0 bridgehead atoms. The van der Waals surface area contributed by atoms with Crippen LogP contribution in [-0.2, 0) is 10.2 Å². The second kappa shape index (κ2) is 4.04. The molecule has 3 rings (SSSR count). The van der Waals surface area contributed by atoms with E-state index in [1.807, 2.05) is 31.2 Å². The molecule has 0 saturated heterocycles. The molecule has 0 aliphatic heterocycles. The third kappa shape index (κ3) is 1.80. The van der Waals surface area contributed by atoms with Gasteiger partial charge in [-0.05, 0) is 31.2 Å². The highest BCUT2D eigenvalue weighted by Crippen LogP contribution is 2.42. The number of benzene rings is 1. The molecular weight excluding hydrogens is 224 g/mol. The molecule has 0 radical (unpaired) electrons. The minimum Gasteiger partial charge on any atom is -0.298 e. The Hall–Kier alpha value is -1.44. The molecule has 0 aromatic heterocycles. The molecule has 1 unspecified atom stereocenters. The Kier molecular flexibility index (Phi) is 2.61. The number of hydrogen-bond donors (Lipinski definition) is 0. The van der Waals surface area contributed by atoms with Gasteiger partial charge < -0.3 is 0 Å². The Morgan fingerprint density at radius 3 is 2.67 bits per heavy atom. The first-order chi connectivity index (χ1) is 8.61. The molecule has 1 saturated carbocycles. The summed E-state index contributed by atoms with van der Waals surface area (Å²) in [6.07, 6.45) is 4.71. The number of carbonyl (C=O) groups is 2. The molecular formula is C16H18O2. The summed E-state index contributed by atoms with van der Waals surface area (Å²) < 4.78 is 0. The third-order valence-corrected chi connectivity index (χ3v) is 4.51. The lowest BCUT2D eigenvalue weighted by Crippen LogP contribution is -2.39. The van der Waals surface area contributed by atoms with E-state index in [-0.39, 0.29) is 18.0 Å². The summed E-state index contributed by atoms with van der Waals surface area (Å²) in [6, 6.07) is 7.63. The maximum Gasteiger partial charge on any atom is 0.170 e. The highest BCUT2D eigenvalue weighted by Gasteiger charge is 2.42. The number of carbonyl (C=O) groups excluding carboxylic acids is 2. The summed E-state index contributed by atoms with van der Waals surface area (Å²) in [4.78, 5) is 24.2. The van der Waals surface area contributed by atoms with Crippen molar-refractivity contribution < 1.29 is 9.59 Å². The lowest BCUT2D eigenvalue weighted by atomic mass is 9.67. The van der Waals surface area contributed by atoms with Crippen molar-refractivity contribution >= 4 is 11.6 Å². The molecule has 1 aromatic rings. The molecule has 0 heterocycles. The van der Waals surface area contributed by atoms with E-state index in [0.717, 1.165) is 29.9 Å². The quantitative estimate of drug-likeness (QED) is 0.762. The molecule has 2 nitrogen and oxygen atoms in total. The Labute approximate surface area is 107 Å². The van der Waals surface area contributed by atoms with E-state index in [9.17, 15) is 9.59 Å². The summed E-state index contributed by atoms with van der Waals surface area (Å²) in [5, 5.41) is 0. The average molecular weight is 242 g/mol. The van der Waals surface area contributed by atoms with Crippen LogP contribution in [0.3, 0.4) is 0 Å². The molecule has 1 fully saturated rings. The average Bonchev–Trinajstić information content (AvgIpc) is 3.18. The smallest absolute Gasteiger partial charge is 0.170 e. The summed E-state index contributed by atoms with van der Waals surface area (Å²) >= 11 is 0. The van der Waals surface area contributed by atoms with Crippen LogP contribution in [0.1, 0.15) is 54.9 Å². The Bertz CT molecular complexity index is 514. The van der Waals surface area contributed by atoms with Crippen molar-refractivity contribution in [1.29, 1.82) is 0 Å². The van der Waals surface area contributed by atoms with Crippen LogP contribution in [0.4, 0.5) is 0 Å². The monoisotopic (exact) mass is 242 g/mol. The van der Waals surface area contributed by atoms with Gasteiger partial charge in [0.05, 0.1) is 11.8 Å². The largest absolute Gasteiger partial charge is 0.298 e. The minimum atomic E-state index is -0.437. The van der Waals surface area contributed by atoms with Crippen molar-refractivity contribution in [3.8, 4) is 0 Å². The van der Waals surface area contributed by atoms with Gasteiger partial charge in [0.1, 0.15) is 0 Å². The van der Waals surface area contributed by atoms with E-state index in [4.69, 9.17) is 0 Å². The Morgan fingerprint density at radius 2 is 1.94 bits per heavy atom. The number of Topliss-reactive ketones (excluding diaryl/α,β-unsaturated/α-hetero) is 2. The minimum absolute atomic E-state index is 0.0144. The fourth-order valence-electron chi connectivity index (χ4n) is 2.97. The van der Waals surface area contributed by atoms with Gasteiger partial charge in [-0.15, -0.1) is 0 Å². The van der Waals surface area contributed by atoms with Crippen molar-refractivity contribution in [2.24, 2.45) is 5.92 Å². The standard InChI is InChI=1S/C16H18O2/c1-16(9-8-11-6-7-11)13-5-3-2-4-12(13)14(17)10-15(16)18/h2-5,11H,6-10H2,1H3. The van der Waals surface area contributed by atoms with E-state index in [1.165, 1.54) is 12.8 Å². The maximum absolute atomic E-state index is 12.3. The second-order valence-corrected chi connectivity index (χ2v) is 5.88. The lowest BCUT2D eigenvalue weighted by molar-refractivity contribution is -0.123. The number of rotatable bonds is 3. The van der Waals surface area contributed by atoms with Crippen molar-refractivity contribution in [3.05, 3.63) is 35.4 Å². The number of ketones is 2. The van der Waals surface area contributed by atoms with Crippen LogP contribution in [0.5, 0.6) is 0 Å². The van der Waals surface area contributed by atoms with Gasteiger partial charge in [-0.3, -0.25) is 9.59 Å². The highest BCUT2D eigenvalue weighted by molar-refractivity contribution is 6.15. The van der Waals surface area contributed by atoms with Crippen molar-refractivity contribution in [1.82, 2.24) is 0 Å². The summed E-state index contributed by atoms with van der Waals surface area (Å²) in [5.41, 5.74) is 1.27. The van der Waals surface area contributed by atoms with E-state index >= 15 is 0 Å². The van der Waals surface area contributed by atoms with Crippen LogP contribution in [0, 0.1) is 5.92 Å². The summed E-state index contributed by atoms with van der Waals surface area (Å²) in [5.74, 6) is 0.908. The zero-order chi connectivity index (χ0) is 12.8. The molecule has 1 aromatic carbocycles. The Balaban J connectivity index is 1.98. The predicted octanol–water partition coefficient (Wildman–Crippen LogP) is 3.29. The first-order valence-corrected chi connectivity index (χ1v) is 6.77. The fourth-order valence-corrected chi connectivity index (χ4v) is 2.97. The van der Waals surface area contributed by atoms with Crippen LogP contribution in [0.2, 0.25) is 0 Å².